The zero-order valence-electron chi connectivity index (χ0n) is 48.9. The van der Waals surface area contributed by atoms with Crippen molar-refractivity contribution in [3.05, 3.63) is 170 Å². The Kier molecular flexibility index (Phi) is 8.59. The summed E-state index contributed by atoms with van der Waals surface area (Å²) in [5.41, 5.74) is 35.4. The van der Waals surface area contributed by atoms with Gasteiger partial charge in [-0.15, -0.1) is 0 Å². The van der Waals surface area contributed by atoms with Crippen molar-refractivity contribution in [3.63, 3.8) is 0 Å². The van der Waals surface area contributed by atoms with Gasteiger partial charge in [0.1, 0.15) is 0 Å². The molecule has 5 aliphatic heterocycles. The third-order valence-electron chi connectivity index (χ3n) is 23.5. The predicted octanol–water partition coefficient (Wildman–Crippen LogP) is 17.1. The van der Waals surface area contributed by atoms with E-state index in [-0.39, 0.29) is 50.2 Å². The van der Waals surface area contributed by atoms with Gasteiger partial charge in [-0.2, -0.15) is 0 Å². The number of hydrogen-bond donors (Lipinski definition) is 0. The Labute approximate surface area is 460 Å². The highest BCUT2D eigenvalue weighted by Gasteiger charge is 2.60. The number of rotatable bonds is 0. The number of nitrogens with zero attached hydrogens (tertiary/aromatic N) is 3. The van der Waals surface area contributed by atoms with E-state index < -0.39 is 0 Å². The molecule has 388 valence electrons. The molecule has 7 aromatic carbocycles. The Morgan fingerprint density at radius 3 is 1.86 bits per heavy atom. The summed E-state index contributed by atoms with van der Waals surface area (Å²) in [7, 11) is 0. The van der Waals surface area contributed by atoms with E-state index >= 15 is 0 Å². The average molecular weight is 1010 g/mol. The van der Waals surface area contributed by atoms with Gasteiger partial charge in [-0.25, -0.2) is 0 Å². The Balaban J connectivity index is 1.08. The summed E-state index contributed by atoms with van der Waals surface area (Å²) in [6, 6.07) is 43.5. The molecule has 0 spiro atoms. The van der Waals surface area contributed by atoms with Crippen LogP contribution < -0.4 is 31.1 Å². The Hall–Kier alpha value is -6.00. The van der Waals surface area contributed by atoms with Gasteiger partial charge in [0.05, 0.1) is 11.2 Å². The molecule has 6 bridgehead atoms. The van der Waals surface area contributed by atoms with Gasteiger partial charge in [-0.1, -0.05) is 150 Å². The summed E-state index contributed by atoms with van der Waals surface area (Å²) in [5.74, 6) is 0. The molecule has 0 aromatic heterocycles. The van der Waals surface area contributed by atoms with Gasteiger partial charge < -0.3 is 14.7 Å². The molecule has 16 rings (SSSR count). The van der Waals surface area contributed by atoms with Crippen LogP contribution in [0.2, 0.25) is 0 Å². The normalized spacial score (nSPS) is 26.9. The van der Waals surface area contributed by atoms with Crippen LogP contribution in [0.1, 0.15) is 208 Å². The molecule has 0 amide bonds. The first-order valence-corrected chi connectivity index (χ1v) is 29.9. The molecule has 1 saturated carbocycles. The van der Waals surface area contributed by atoms with Crippen LogP contribution in [0.25, 0.3) is 11.1 Å². The lowest BCUT2D eigenvalue weighted by molar-refractivity contribution is 0.195. The van der Waals surface area contributed by atoms with Crippen LogP contribution in [0, 0.1) is 13.8 Å². The first-order valence-electron chi connectivity index (χ1n) is 29.9. The standard InChI is InChI=1S/C73H78BN3/c1-41-33-48-52-39-57(41)75-59-35-43(77-58-40-51(70(52,12)32-31-69(48,10)11)47(66(3,4)5)36-53(58)71(13)27-18-19-28-72(71,77)14)25-26-54(59)74-55-37-49-50(68(8,9)30-29-67(49,6)7)38-60(55)76-56-24-20-22-45-44-21-16-17-23-46(44)73(15,63(45)56)62-42(2)34-61(75)64(74)65(62)76/h16-17,20-26,33-40H,18-19,27-32H2,1-15H3. The molecule has 4 heteroatoms. The molecule has 1 fully saturated rings. The molecule has 0 radical (unpaired) electrons. The van der Waals surface area contributed by atoms with Crippen LogP contribution in [-0.4, -0.2) is 12.3 Å². The summed E-state index contributed by atoms with van der Waals surface area (Å²) in [6.07, 6.45) is 9.54. The Morgan fingerprint density at radius 2 is 1.10 bits per heavy atom. The Bertz CT molecular complexity index is 3920. The van der Waals surface area contributed by atoms with Crippen molar-refractivity contribution in [2.45, 2.75) is 199 Å². The van der Waals surface area contributed by atoms with Crippen LogP contribution in [0.5, 0.6) is 0 Å². The highest BCUT2D eigenvalue weighted by Crippen LogP contribution is 2.67. The van der Waals surface area contributed by atoms with Crippen LogP contribution in [0.4, 0.5) is 45.5 Å². The van der Waals surface area contributed by atoms with Crippen molar-refractivity contribution in [1.82, 2.24) is 0 Å². The molecule has 4 unspecified atom stereocenters. The SMILES string of the molecule is Cc1cc2c3cc1N1c4cc(ccc4B4c5cc6c(cc5N5c7cccc8c7C(C)(c7ccccc7-8)c7c(C)cc1c4c75)C(C)(C)CCC6(C)C)N1c4cc(c(C(C)(C)C)cc4C4(C)CCCCC14C)C3(C)CCC2(C)C. The van der Waals surface area contributed by atoms with Crippen molar-refractivity contribution < 1.29 is 0 Å². The van der Waals surface area contributed by atoms with E-state index in [4.69, 9.17) is 0 Å². The minimum absolute atomic E-state index is 0.00300. The Morgan fingerprint density at radius 1 is 0.455 bits per heavy atom. The molecular formula is C73H78BN3. The molecule has 77 heavy (non-hydrogen) atoms. The highest BCUT2D eigenvalue weighted by atomic mass is 15.3. The molecule has 9 aliphatic rings. The summed E-state index contributed by atoms with van der Waals surface area (Å²) in [6.45, 7) is 38.0. The molecule has 7 aromatic rings. The van der Waals surface area contributed by atoms with Gasteiger partial charge in [0.25, 0.3) is 6.71 Å². The third kappa shape index (κ3) is 5.35. The maximum absolute atomic E-state index is 2.91. The van der Waals surface area contributed by atoms with E-state index in [0.29, 0.717) is 0 Å². The maximum atomic E-state index is 2.91. The highest BCUT2D eigenvalue weighted by molar-refractivity contribution is 7.00. The van der Waals surface area contributed by atoms with Crippen molar-refractivity contribution in [2.24, 2.45) is 0 Å². The second-order valence-corrected chi connectivity index (χ2v) is 30.0. The van der Waals surface area contributed by atoms with Gasteiger partial charge >= 0.3 is 0 Å². The van der Waals surface area contributed by atoms with E-state index in [9.17, 15) is 0 Å². The van der Waals surface area contributed by atoms with E-state index in [1.807, 2.05) is 0 Å². The van der Waals surface area contributed by atoms with Crippen LogP contribution in [0.15, 0.2) is 103 Å². The van der Waals surface area contributed by atoms with Gasteiger partial charge in [0.15, 0.2) is 0 Å². The second kappa shape index (κ2) is 14.1. The lowest BCUT2D eigenvalue weighted by atomic mass is 9.32. The summed E-state index contributed by atoms with van der Waals surface area (Å²) < 4.78 is 0. The quantitative estimate of drug-likeness (QED) is 0.140. The van der Waals surface area contributed by atoms with E-state index in [2.05, 4.69) is 222 Å². The fraction of sp³-hybridized carbons (Fsp3) is 0.425. The summed E-state index contributed by atoms with van der Waals surface area (Å²) >= 11 is 0. The van der Waals surface area contributed by atoms with Gasteiger partial charge in [0.2, 0.25) is 0 Å². The minimum Gasteiger partial charge on any atom is -0.334 e. The second-order valence-electron chi connectivity index (χ2n) is 30.0. The van der Waals surface area contributed by atoms with E-state index in [1.54, 1.807) is 5.56 Å². The molecule has 3 nitrogen and oxygen atoms in total. The molecular weight excluding hydrogens is 930 g/mol. The van der Waals surface area contributed by atoms with Crippen molar-refractivity contribution in [2.75, 3.05) is 14.7 Å². The van der Waals surface area contributed by atoms with Crippen LogP contribution >= 0.6 is 0 Å². The molecule has 4 aliphatic carbocycles. The summed E-state index contributed by atoms with van der Waals surface area (Å²) in [4.78, 5) is 8.54. The van der Waals surface area contributed by atoms with Crippen molar-refractivity contribution >= 4 is 68.6 Å². The van der Waals surface area contributed by atoms with Crippen molar-refractivity contribution in [3.8, 4) is 11.1 Å². The zero-order valence-corrected chi connectivity index (χ0v) is 48.9. The topological polar surface area (TPSA) is 9.72 Å². The van der Waals surface area contributed by atoms with Gasteiger partial charge in [-0.3, -0.25) is 0 Å². The average Bonchev–Trinajstić information content (AvgIpc) is 3.23. The third-order valence-corrected chi connectivity index (χ3v) is 23.5. The maximum Gasteiger partial charge on any atom is 0.252 e. The van der Waals surface area contributed by atoms with Gasteiger partial charge in [0, 0.05) is 56.1 Å². The summed E-state index contributed by atoms with van der Waals surface area (Å²) in [5, 5.41) is 0. The number of hydrogen-bond acceptors (Lipinski definition) is 3. The number of fused-ring (bicyclic) bond motifs is 20. The number of benzene rings is 7. The smallest absolute Gasteiger partial charge is 0.252 e. The van der Waals surface area contributed by atoms with E-state index in [0.717, 1.165) is 12.8 Å². The molecule has 5 heterocycles. The molecule has 0 N–H and O–H groups in total. The van der Waals surface area contributed by atoms with Crippen LogP contribution in [0.3, 0.4) is 0 Å². The number of aryl methyl sites for hydroxylation is 2. The number of anilines is 8. The first-order chi connectivity index (χ1) is 36.3. The molecule has 4 atom stereocenters. The predicted molar refractivity (Wildman–Crippen MR) is 326 cm³/mol. The van der Waals surface area contributed by atoms with Crippen LogP contribution in [-0.2, 0) is 37.9 Å². The van der Waals surface area contributed by atoms with Crippen molar-refractivity contribution in [1.29, 1.82) is 0 Å². The molecule has 0 saturated heterocycles. The largest absolute Gasteiger partial charge is 0.334 e. The fourth-order valence-corrected chi connectivity index (χ4v) is 18.9. The minimum atomic E-state index is -0.334. The lowest BCUT2D eigenvalue weighted by Crippen LogP contribution is -2.63. The lowest BCUT2D eigenvalue weighted by Gasteiger charge is -2.53. The zero-order chi connectivity index (χ0) is 53.4. The first kappa shape index (κ1) is 47.0. The fourth-order valence-electron chi connectivity index (χ4n) is 18.9. The van der Waals surface area contributed by atoms with E-state index in [1.165, 1.54) is 173 Å². The monoisotopic (exact) mass is 1010 g/mol. The van der Waals surface area contributed by atoms with Gasteiger partial charge in [-0.05, 0) is 225 Å².